The van der Waals surface area contributed by atoms with E-state index in [1.165, 1.54) is 30.4 Å². The molecule has 1 aromatic heterocycles. The number of fused-ring (bicyclic) bond motifs is 2. The van der Waals surface area contributed by atoms with Crippen molar-refractivity contribution in [2.24, 2.45) is 17.8 Å². The van der Waals surface area contributed by atoms with Crippen molar-refractivity contribution in [1.82, 2.24) is 15.1 Å². The molecule has 0 spiro atoms. The molecule has 0 radical (unpaired) electrons. The van der Waals surface area contributed by atoms with Gasteiger partial charge in [0, 0.05) is 6.04 Å². The molecule has 0 aromatic carbocycles. The molecule has 1 amide bonds. The highest BCUT2D eigenvalue weighted by atomic mass is 79.9. The smallest absolute Gasteiger partial charge is 0.283 e. The predicted molar refractivity (Wildman–Crippen MR) is 90.9 cm³/mol. The van der Waals surface area contributed by atoms with Crippen LogP contribution >= 0.6 is 15.9 Å². The van der Waals surface area contributed by atoms with Gasteiger partial charge >= 0.3 is 0 Å². The number of hydrogen-bond acceptors (Lipinski definition) is 2. The number of hydrogen-bond donors (Lipinski definition) is 1. The van der Waals surface area contributed by atoms with Crippen molar-refractivity contribution in [3.63, 3.8) is 0 Å². The Bertz CT molecular complexity index is 634. The van der Waals surface area contributed by atoms with E-state index >= 15 is 0 Å². The minimum absolute atomic E-state index is 0.115. The zero-order chi connectivity index (χ0) is 17.6. The van der Waals surface area contributed by atoms with Crippen molar-refractivity contribution in [2.75, 3.05) is 0 Å². The Labute approximate surface area is 149 Å². The van der Waals surface area contributed by atoms with Crippen LogP contribution in [0.25, 0.3) is 0 Å². The average molecular weight is 404 g/mol. The predicted octanol–water partition coefficient (Wildman–Crippen LogP) is 4.39. The summed E-state index contributed by atoms with van der Waals surface area (Å²) in [4.78, 5) is 12.6. The summed E-state index contributed by atoms with van der Waals surface area (Å²) in [6.07, 6.45) is 2.43. The van der Waals surface area contributed by atoms with Crippen LogP contribution in [-0.4, -0.2) is 21.7 Å². The summed E-state index contributed by atoms with van der Waals surface area (Å²) < 4.78 is 27.6. The minimum Gasteiger partial charge on any atom is -0.352 e. The Kier molecular flexibility index (Phi) is 5.00. The molecule has 2 bridgehead atoms. The number of carbonyl (C=O) groups excluding carboxylic acids is 1. The zero-order valence-corrected chi connectivity index (χ0v) is 15.8. The highest BCUT2D eigenvalue weighted by Crippen LogP contribution is 2.49. The summed E-state index contributed by atoms with van der Waals surface area (Å²) in [6.45, 7) is 5.45. The number of halogens is 3. The molecule has 2 aliphatic rings. The molecule has 2 aliphatic carbocycles. The highest BCUT2D eigenvalue weighted by molar-refractivity contribution is 9.10. The molecule has 5 atom stereocenters. The fraction of sp³-hybridized carbons (Fsp3) is 0.765. The molecule has 24 heavy (non-hydrogen) atoms. The van der Waals surface area contributed by atoms with Gasteiger partial charge in [-0.1, -0.05) is 6.42 Å². The largest absolute Gasteiger partial charge is 0.352 e. The number of carbonyl (C=O) groups is 1. The molecule has 2 saturated carbocycles. The summed E-state index contributed by atoms with van der Waals surface area (Å²) in [5.41, 5.74) is 0.230. The van der Waals surface area contributed by atoms with Crippen LogP contribution in [0.5, 0.6) is 0 Å². The lowest BCUT2D eigenvalue weighted by Crippen LogP contribution is -2.43. The lowest BCUT2D eigenvalue weighted by Gasteiger charge is -2.29. The van der Waals surface area contributed by atoms with E-state index in [4.69, 9.17) is 0 Å². The maximum absolute atomic E-state index is 13.0. The van der Waals surface area contributed by atoms with Gasteiger partial charge in [-0.3, -0.25) is 9.48 Å². The summed E-state index contributed by atoms with van der Waals surface area (Å²) in [5.74, 6) is 1.94. The third kappa shape index (κ3) is 3.11. The summed E-state index contributed by atoms with van der Waals surface area (Å²) >= 11 is 3.15. The molecule has 2 fully saturated rings. The van der Waals surface area contributed by atoms with Crippen LogP contribution in [0.1, 0.15) is 63.4 Å². The molecular weight excluding hydrogens is 380 g/mol. The first kappa shape index (κ1) is 17.8. The maximum Gasteiger partial charge on any atom is 0.283 e. The second kappa shape index (κ2) is 6.73. The number of rotatable bonds is 5. The van der Waals surface area contributed by atoms with Gasteiger partial charge in [0.15, 0.2) is 0 Å². The number of aromatic nitrogens is 2. The van der Waals surface area contributed by atoms with Crippen molar-refractivity contribution < 1.29 is 13.6 Å². The zero-order valence-electron chi connectivity index (χ0n) is 14.2. The van der Waals surface area contributed by atoms with Gasteiger partial charge in [-0.25, -0.2) is 8.78 Å². The first-order valence-corrected chi connectivity index (χ1v) is 9.41. The Balaban J connectivity index is 1.68. The lowest BCUT2D eigenvalue weighted by molar-refractivity contribution is -0.125. The van der Waals surface area contributed by atoms with Crippen LogP contribution in [-0.2, 0) is 4.79 Å². The first-order valence-electron chi connectivity index (χ1n) is 8.62. The van der Waals surface area contributed by atoms with Gasteiger partial charge in [-0.05, 0) is 73.7 Å². The molecule has 7 heteroatoms. The summed E-state index contributed by atoms with van der Waals surface area (Å²) in [6, 6.07) is -0.501. The molecule has 1 aromatic rings. The minimum atomic E-state index is -2.66. The summed E-state index contributed by atoms with van der Waals surface area (Å²) in [5, 5.41) is 7.02. The van der Waals surface area contributed by atoms with Crippen LogP contribution in [0.2, 0.25) is 0 Å². The Morgan fingerprint density at radius 3 is 2.54 bits per heavy atom. The molecule has 0 unspecified atom stereocenters. The average Bonchev–Trinajstić information content (AvgIpc) is 3.22. The number of nitrogens with one attached hydrogen (secondary N) is 1. The lowest BCUT2D eigenvalue weighted by atomic mass is 9.84. The monoisotopic (exact) mass is 403 g/mol. The third-order valence-electron chi connectivity index (χ3n) is 5.86. The van der Waals surface area contributed by atoms with Gasteiger partial charge in [0.25, 0.3) is 6.43 Å². The van der Waals surface area contributed by atoms with Crippen molar-refractivity contribution >= 4 is 21.8 Å². The highest BCUT2D eigenvalue weighted by Gasteiger charge is 2.42. The number of nitrogens with zero attached hydrogens (tertiary/aromatic N) is 2. The molecule has 134 valence electrons. The van der Waals surface area contributed by atoms with Crippen molar-refractivity contribution in [1.29, 1.82) is 0 Å². The van der Waals surface area contributed by atoms with E-state index < -0.39 is 12.5 Å². The van der Waals surface area contributed by atoms with Crippen LogP contribution in [0.15, 0.2) is 4.47 Å². The second-order valence-electron chi connectivity index (χ2n) is 7.34. The maximum atomic E-state index is 13.0. The van der Waals surface area contributed by atoms with E-state index in [-0.39, 0.29) is 22.1 Å². The van der Waals surface area contributed by atoms with E-state index in [9.17, 15) is 13.6 Å². The van der Waals surface area contributed by atoms with Gasteiger partial charge in [0.2, 0.25) is 5.91 Å². The Morgan fingerprint density at radius 2 is 2.04 bits per heavy atom. The fourth-order valence-electron chi connectivity index (χ4n) is 4.51. The van der Waals surface area contributed by atoms with E-state index in [1.807, 2.05) is 0 Å². The van der Waals surface area contributed by atoms with Gasteiger partial charge in [0.1, 0.15) is 11.7 Å². The molecule has 1 N–H and O–H groups in total. The van der Waals surface area contributed by atoms with E-state index in [1.54, 1.807) is 13.8 Å². The van der Waals surface area contributed by atoms with Gasteiger partial charge in [-0.2, -0.15) is 5.10 Å². The van der Waals surface area contributed by atoms with E-state index in [0.29, 0.717) is 11.6 Å². The van der Waals surface area contributed by atoms with Crippen molar-refractivity contribution in [2.45, 2.75) is 65.0 Å². The van der Waals surface area contributed by atoms with Crippen LogP contribution < -0.4 is 5.32 Å². The molecule has 0 aliphatic heterocycles. The number of amides is 1. The first-order chi connectivity index (χ1) is 11.3. The molecule has 0 saturated heterocycles. The van der Waals surface area contributed by atoms with Crippen molar-refractivity contribution in [3.8, 4) is 0 Å². The normalized spacial score (nSPS) is 28.4. The van der Waals surface area contributed by atoms with Crippen LogP contribution in [0, 0.1) is 24.7 Å². The Hall–Kier alpha value is -0.980. The number of alkyl halides is 2. The topological polar surface area (TPSA) is 46.9 Å². The standard InChI is InChI=1S/C17H24BrF2N3O/c1-8(13-7-11-4-5-12(13)6-11)21-17(24)10(3)23-9(2)14(18)15(22-23)16(19)20/h8,10-13,16H,4-7H2,1-3H3,(H,21,24)/t8-,10+,11-,12-,13-/m0/s1. The quantitative estimate of drug-likeness (QED) is 0.791. The molecule has 3 rings (SSSR count). The second-order valence-corrected chi connectivity index (χ2v) is 8.13. The third-order valence-corrected chi connectivity index (χ3v) is 6.84. The van der Waals surface area contributed by atoms with Gasteiger partial charge in [0.05, 0.1) is 10.2 Å². The van der Waals surface area contributed by atoms with Gasteiger partial charge < -0.3 is 5.32 Å². The van der Waals surface area contributed by atoms with Crippen molar-refractivity contribution in [3.05, 3.63) is 15.9 Å². The van der Waals surface area contributed by atoms with Gasteiger partial charge in [-0.15, -0.1) is 0 Å². The summed E-state index contributed by atoms with van der Waals surface area (Å²) in [7, 11) is 0. The van der Waals surface area contributed by atoms with Crippen LogP contribution in [0.3, 0.4) is 0 Å². The molecular formula is C17H24BrF2N3O. The van der Waals surface area contributed by atoms with E-state index in [0.717, 1.165) is 11.8 Å². The fourth-order valence-corrected chi connectivity index (χ4v) is 4.94. The molecule has 1 heterocycles. The SMILES string of the molecule is Cc1c(Br)c(C(F)F)nn1[C@H](C)C(=O)N[C@@H](C)[C@@H]1C[C@H]2CC[C@H]1C2. The van der Waals surface area contributed by atoms with E-state index in [2.05, 4.69) is 33.3 Å². The van der Waals surface area contributed by atoms with Crippen LogP contribution in [0.4, 0.5) is 8.78 Å². The Morgan fingerprint density at radius 1 is 1.33 bits per heavy atom. The molecule has 4 nitrogen and oxygen atoms in total.